The molecule has 2 fully saturated rings. The third-order valence-corrected chi connectivity index (χ3v) is 5.87. The van der Waals surface area contributed by atoms with Crippen molar-refractivity contribution in [3.05, 3.63) is 12.4 Å². The fourth-order valence-corrected chi connectivity index (χ4v) is 4.20. The second-order valence-electron chi connectivity index (χ2n) is 6.51. The summed E-state index contributed by atoms with van der Waals surface area (Å²) < 4.78 is 22.5. The van der Waals surface area contributed by atoms with Gasteiger partial charge in [-0.05, 0) is 24.7 Å². The third kappa shape index (κ3) is 3.57. The van der Waals surface area contributed by atoms with Crippen molar-refractivity contribution in [2.24, 2.45) is 17.0 Å². The molecule has 0 radical (unpaired) electrons. The molecule has 7 heteroatoms. The predicted octanol–water partition coefficient (Wildman–Crippen LogP) is 1.92. The highest BCUT2D eigenvalue weighted by Gasteiger charge is 2.29. The zero-order valence-electron chi connectivity index (χ0n) is 12.8. The lowest BCUT2D eigenvalue weighted by atomic mass is 9.76. The minimum Gasteiger partial charge on any atom is -0.341 e. The molecule has 1 aromatic rings. The molecule has 1 saturated carbocycles. The van der Waals surface area contributed by atoms with Crippen LogP contribution >= 0.6 is 0 Å². The molecule has 1 aliphatic carbocycles. The minimum atomic E-state index is -3.72. The van der Waals surface area contributed by atoms with E-state index >= 15 is 0 Å². The van der Waals surface area contributed by atoms with E-state index in [1.54, 1.807) is 0 Å². The first-order valence-corrected chi connectivity index (χ1v) is 9.68. The maximum absolute atomic E-state index is 11.3. The zero-order chi connectivity index (χ0) is 15.6. The average Bonchev–Trinajstić information content (AvgIpc) is 2.55. The number of anilines is 1. The summed E-state index contributed by atoms with van der Waals surface area (Å²) in [5.41, 5.74) is 0. The van der Waals surface area contributed by atoms with Crippen LogP contribution in [0.15, 0.2) is 17.3 Å². The van der Waals surface area contributed by atoms with Crippen LogP contribution in [0.1, 0.15) is 44.9 Å². The molecule has 1 atom stereocenters. The lowest BCUT2D eigenvalue weighted by molar-refractivity contribution is 0.220. The summed E-state index contributed by atoms with van der Waals surface area (Å²) in [4.78, 5) is 10.6. The second kappa shape index (κ2) is 6.50. The molecule has 0 bridgehead atoms. The monoisotopic (exact) mass is 324 g/mol. The van der Waals surface area contributed by atoms with Gasteiger partial charge in [0.2, 0.25) is 16.0 Å². The molecule has 0 aromatic carbocycles. The quantitative estimate of drug-likeness (QED) is 0.917. The maximum Gasteiger partial charge on any atom is 0.241 e. The highest BCUT2D eigenvalue weighted by molar-refractivity contribution is 7.89. The number of piperidine rings is 1. The van der Waals surface area contributed by atoms with Crippen molar-refractivity contribution < 1.29 is 8.42 Å². The molecule has 122 valence electrons. The van der Waals surface area contributed by atoms with Crippen LogP contribution in [-0.2, 0) is 10.0 Å². The molecule has 2 N–H and O–H groups in total. The summed E-state index contributed by atoms with van der Waals surface area (Å²) in [6.45, 7) is 1.93. The Morgan fingerprint density at radius 3 is 2.27 bits per heavy atom. The zero-order valence-corrected chi connectivity index (χ0v) is 13.6. The van der Waals surface area contributed by atoms with E-state index in [2.05, 4.69) is 14.9 Å². The Morgan fingerprint density at radius 2 is 1.64 bits per heavy atom. The van der Waals surface area contributed by atoms with Crippen LogP contribution in [0.2, 0.25) is 0 Å². The third-order valence-electron chi connectivity index (χ3n) is 5.00. The van der Waals surface area contributed by atoms with Gasteiger partial charge in [-0.25, -0.2) is 23.5 Å². The van der Waals surface area contributed by atoms with E-state index in [9.17, 15) is 8.42 Å². The number of nitrogens with two attached hydrogens (primary N) is 1. The Morgan fingerprint density at radius 1 is 1.00 bits per heavy atom. The average molecular weight is 324 g/mol. The molecule has 22 heavy (non-hydrogen) atoms. The summed E-state index contributed by atoms with van der Waals surface area (Å²) in [5, 5.41) is 5.08. The van der Waals surface area contributed by atoms with Crippen LogP contribution in [-0.4, -0.2) is 31.5 Å². The van der Waals surface area contributed by atoms with Crippen molar-refractivity contribution in [3.8, 4) is 0 Å². The number of hydrogen-bond acceptors (Lipinski definition) is 5. The first-order chi connectivity index (χ1) is 10.5. The number of nitrogens with zero attached hydrogens (tertiary/aromatic N) is 3. The molecule has 1 saturated heterocycles. The van der Waals surface area contributed by atoms with Crippen molar-refractivity contribution in [3.63, 3.8) is 0 Å². The second-order valence-corrected chi connectivity index (χ2v) is 8.07. The lowest BCUT2D eigenvalue weighted by Gasteiger charge is -2.38. The number of hydrogen-bond donors (Lipinski definition) is 1. The summed E-state index contributed by atoms with van der Waals surface area (Å²) in [5.74, 6) is 2.17. The summed E-state index contributed by atoms with van der Waals surface area (Å²) >= 11 is 0. The normalized spacial score (nSPS) is 24.4. The molecule has 6 nitrogen and oxygen atoms in total. The van der Waals surface area contributed by atoms with Gasteiger partial charge in [-0.15, -0.1) is 0 Å². The lowest BCUT2D eigenvalue weighted by Crippen LogP contribution is -2.39. The number of aromatic nitrogens is 2. The molecule has 1 unspecified atom stereocenters. The van der Waals surface area contributed by atoms with E-state index in [0.29, 0.717) is 5.95 Å². The van der Waals surface area contributed by atoms with Crippen molar-refractivity contribution in [2.75, 3.05) is 18.0 Å². The van der Waals surface area contributed by atoms with E-state index in [4.69, 9.17) is 5.14 Å². The highest BCUT2D eigenvalue weighted by atomic mass is 32.2. The van der Waals surface area contributed by atoms with Gasteiger partial charge in [0.25, 0.3) is 0 Å². The van der Waals surface area contributed by atoms with Crippen LogP contribution in [0.5, 0.6) is 0 Å². The molecule has 3 rings (SSSR count). The van der Waals surface area contributed by atoms with Gasteiger partial charge in [-0.3, -0.25) is 0 Å². The molecule has 0 amide bonds. The van der Waals surface area contributed by atoms with Gasteiger partial charge in [-0.1, -0.05) is 32.1 Å². The number of sulfonamides is 1. The van der Waals surface area contributed by atoms with Crippen molar-refractivity contribution >= 4 is 16.0 Å². The predicted molar refractivity (Wildman–Crippen MR) is 84.9 cm³/mol. The van der Waals surface area contributed by atoms with E-state index in [1.165, 1.54) is 50.9 Å². The van der Waals surface area contributed by atoms with E-state index in [1.807, 2.05) is 0 Å². The molecule has 2 heterocycles. The van der Waals surface area contributed by atoms with E-state index in [0.717, 1.165) is 31.3 Å². The first-order valence-electron chi connectivity index (χ1n) is 8.14. The number of rotatable bonds is 3. The fourth-order valence-electron chi connectivity index (χ4n) is 3.80. The van der Waals surface area contributed by atoms with Crippen molar-refractivity contribution in [2.45, 2.75) is 49.8 Å². The molecular weight excluding hydrogens is 300 g/mol. The molecule has 2 aliphatic rings. The van der Waals surface area contributed by atoms with Gasteiger partial charge in [0.1, 0.15) is 4.90 Å². The van der Waals surface area contributed by atoms with E-state index < -0.39 is 10.0 Å². The van der Waals surface area contributed by atoms with Crippen LogP contribution in [0.3, 0.4) is 0 Å². The van der Waals surface area contributed by atoms with Gasteiger partial charge in [0.15, 0.2) is 0 Å². The SMILES string of the molecule is NS(=O)(=O)c1cnc(N2CCCC(C3CCCCC3)C2)nc1. The Balaban J connectivity index is 1.69. The van der Waals surface area contributed by atoms with Gasteiger partial charge < -0.3 is 4.90 Å². The van der Waals surface area contributed by atoms with Crippen molar-refractivity contribution in [1.29, 1.82) is 0 Å². The van der Waals surface area contributed by atoms with Crippen molar-refractivity contribution in [1.82, 2.24) is 9.97 Å². The Labute approximate surface area is 132 Å². The largest absolute Gasteiger partial charge is 0.341 e. The molecule has 1 aromatic heterocycles. The minimum absolute atomic E-state index is 0.0305. The Hall–Kier alpha value is -1.21. The standard InChI is InChI=1S/C15H24N4O2S/c16-22(20,21)14-9-17-15(18-10-14)19-8-4-7-13(11-19)12-5-2-1-3-6-12/h9-10,12-13H,1-8,11H2,(H2,16,20,21). The van der Waals surface area contributed by atoms with Gasteiger partial charge in [0, 0.05) is 13.1 Å². The molecule has 0 spiro atoms. The van der Waals surface area contributed by atoms with E-state index in [-0.39, 0.29) is 4.90 Å². The van der Waals surface area contributed by atoms with Gasteiger partial charge in [0.05, 0.1) is 12.4 Å². The Kier molecular flexibility index (Phi) is 4.63. The topological polar surface area (TPSA) is 89.2 Å². The van der Waals surface area contributed by atoms with Crippen LogP contribution in [0, 0.1) is 11.8 Å². The summed E-state index contributed by atoms with van der Waals surface area (Å²) in [6, 6.07) is 0. The van der Waals surface area contributed by atoms with Gasteiger partial charge in [-0.2, -0.15) is 0 Å². The first kappa shape index (κ1) is 15.7. The maximum atomic E-state index is 11.3. The summed E-state index contributed by atoms with van der Waals surface area (Å²) in [7, 11) is -3.72. The Bertz CT molecular complexity index is 596. The van der Waals surface area contributed by atoms with Crippen LogP contribution < -0.4 is 10.0 Å². The number of primary sulfonamides is 1. The van der Waals surface area contributed by atoms with Crippen LogP contribution in [0.25, 0.3) is 0 Å². The molecular formula is C15H24N4O2S. The highest BCUT2D eigenvalue weighted by Crippen LogP contribution is 2.35. The van der Waals surface area contributed by atoms with Crippen LogP contribution in [0.4, 0.5) is 5.95 Å². The summed E-state index contributed by atoms with van der Waals surface area (Å²) in [6.07, 6.45) is 11.9. The van der Waals surface area contributed by atoms with Gasteiger partial charge >= 0.3 is 0 Å². The smallest absolute Gasteiger partial charge is 0.241 e. The molecule has 1 aliphatic heterocycles. The fraction of sp³-hybridized carbons (Fsp3) is 0.733.